The van der Waals surface area contributed by atoms with E-state index in [1.54, 1.807) is 0 Å². The van der Waals surface area contributed by atoms with Gasteiger partial charge >= 0.3 is 0 Å². The molecule has 0 bridgehead atoms. The number of nitrogens with zero attached hydrogens (tertiary/aromatic N) is 1. The molecular weight excluding hydrogens is 286 g/mol. The first-order valence-electron chi connectivity index (χ1n) is 7.31. The summed E-state index contributed by atoms with van der Waals surface area (Å²) in [7, 11) is 0. The number of aromatic nitrogens is 1. The summed E-state index contributed by atoms with van der Waals surface area (Å²) < 4.78 is 1.91. The first kappa shape index (κ1) is 15.9. The van der Waals surface area contributed by atoms with Crippen molar-refractivity contribution in [2.45, 2.75) is 45.8 Å². The van der Waals surface area contributed by atoms with Crippen molar-refractivity contribution in [1.29, 1.82) is 0 Å². The summed E-state index contributed by atoms with van der Waals surface area (Å²) in [4.78, 5) is 12.1. The fraction of sp³-hybridized carbons (Fsp3) is 0.438. The van der Waals surface area contributed by atoms with Crippen LogP contribution in [0.1, 0.15) is 32.3 Å². The van der Waals surface area contributed by atoms with Gasteiger partial charge in [-0.3, -0.25) is 4.79 Å². The molecule has 1 aromatic carbocycles. The number of hydrogen-bond acceptors (Lipinski definition) is 2. The number of fused-ring (bicyclic) bond motifs is 1. The summed E-state index contributed by atoms with van der Waals surface area (Å²) in [5.74, 6) is 0.0106. The van der Waals surface area contributed by atoms with E-state index in [0.717, 1.165) is 29.3 Å². The largest absolute Gasteiger partial charge is 0.352 e. The van der Waals surface area contributed by atoms with Crippen molar-refractivity contribution in [1.82, 2.24) is 9.88 Å². The van der Waals surface area contributed by atoms with Crippen molar-refractivity contribution in [3.8, 4) is 0 Å². The fourth-order valence-electron chi connectivity index (χ4n) is 2.61. The number of carbonyl (C=O) groups excluding carboxylic acids is 1. The number of amides is 1. The maximum Gasteiger partial charge on any atom is 0.240 e. The summed E-state index contributed by atoms with van der Waals surface area (Å²) in [6, 6.07) is 5.87. The predicted octanol–water partition coefficient (Wildman–Crippen LogP) is 3.06. The van der Waals surface area contributed by atoms with E-state index >= 15 is 0 Å². The number of halogens is 1. The topological polar surface area (TPSA) is 60.0 Å². The van der Waals surface area contributed by atoms with Gasteiger partial charge in [-0.2, -0.15) is 0 Å². The van der Waals surface area contributed by atoms with E-state index in [4.69, 9.17) is 17.3 Å². The van der Waals surface area contributed by atoms with Crippen LogP contribution in [-0.2, 0) is 17.9 Å². The number of nitrogens with two attached hydrogens (primary N) is 1. The number of rotatable bonds is 6. The Hall–Kier alpha value is -1.52. The zero-order chi connectivity index (χ0) is 15.4. The van der Waals surface area contributed by atoms with Crippen molar-refractivity contribution in [3.05, 3.63) is 35.0 Å². The maximum absolute atomic E-state index is 12.1. The van der Waals surface area contributed by atoms with Crippen molar-refractivity contribution >= 4 is 28.4 Å². The summed E-state index contributed by atoms with van der Waals surface area (Å²) in [6.07, 6.45) is 3.98. The van der Waals surface area contributed by atoms with E-state index in [2.05, 4.69) is 12.2 Å². The monoisotopic (exact) mass is 307 g/mol. The molecule has 114 valence electrons. The lowest BCUT2D eigenvalue weighted by atomic mass is 10.2. The molecule has 0 aliphatic rings. The molecule has 5 heteroatoms. The SMILES string of the molecule is CCCC(C)NC(=O)Cn1cc(CN)c2ccc(Cl)cc21. The van der Waals surface area contributed by atoms with Gasteiger partial charge in [-0.25, -0.2) is 0 Å². The average molecular weight is 308 g/mol. The Morgan fingerprint density at radius 1 is 1.48 bits per heavy atom. The molecule has 2 rings (SSSR count). The van der Waals surface area contributed by atoms with E-state index in [0.29, 0.717) is 11.6 Å². The highest BCUT2D eigenvalue weighted by Gasteiger charge is 2.12. The number of hydrogen-bond donors (Lipinski definition) is 2. The van der Waals surface area contributed by atoms with Crippen LogP contribution < -0.4 is 11.1 Å². The standard InChI is InChI=1S/C16H22ClN3O/c1-3-4-11(2)19-16(21)10-20-9-12(8-18)14-6-5-13(17)7-15(14)20/h5-7,9,11H,3-4,8,10,18H2,1-2H3,(H,19,21). The molecule has 1 amide bonds. The molecule has 1 aromatic heterocycles. The lowest BCUT2D eigenvalue weighted by Gasteiger charge is -2.13. The van der Waals surface area contributed by atoms with E-state index in [1.165, 1.54) is 0 Å². The minimum absolute atomic E-state index is 0.0106. The zero-order valence-corrected chi connectivity index (χ0v) is 13.3. The van der Waals surface area contributed by atoms with Gasteiger partial charge in [0.1, 0.15) is 6.54 Å². The molecule has 1 atom stereocenters. The minimum atomic E-state index is 0.0106. The van der Waals surface area contributed by atoms with Gasteiger partial charge in [0.2, 0.25) is 5.91 Å². The quantitative estimate of drug-likeness (QED) is 0.861. The van der Waals surface area contributed by atoms with E-state index in [-0.39, 0.29) is 18.5 Å². The van der Waals surface area contributed by atoms with Crippen LogP contribution in [0, 0.1) is 0 Å². The fourth-order valence-corrected chi connectivity index (χ4v) is 2.78. The second kappa shape index (κ2) is 6.96. The maximum atomic E-state index is 12.1. The number of carbonyl (C=O) groups is 1. The third kappa shape index (κ3) is 3.77. The highest BCUT2D eigenvalue weighted by Crippen LogP contribution is 2.24. The summed E-state index contributed by atoms with van der Waals surface area (Å²) in [5.41, 5.74) is 7.74. The first-order valence-corrected chi connectivity index (χ1v) is 7.69. The molecule has 4 nitrogen and oxygen atoms in total. The minimum Gasteiger partial charge on any atom is -0.352 e. The zero-order valence-electron chi connectivity index (χ0n) is 12.5. The molecule has 0 saturated carbocycles. The van der Waals surface area contributed by atoms with Crippen LogP contribution in [0.25, 0.3) is 10.9 Å². The van der Waals surface area contributed by atoms with Crippen LogP contribution in [0.5, 0.6) is 0 Å². The summed E-state index contributed by atoms with van der Waals surface area (Å²) in [6.45, 7) is 4.86. The Balaban J connectivity index is 2.21. The molecule has 2 aromatic rings. The van der Waals surface area contributed by atoms with Crippen molar-refractivity contribution in [2.75, 3.05) is 0 Å². The average Bonchev–Trinajstić information content (AvgIpc) is 2.76. The summed E-state index contributed by atoms with van der Waals surface area (Å²) in [5, 5.41) is 4.72. The van der Waals surface area contributed by atoms with Crippen LogP contribution in [-0.4, -0.2) is 16.5 Å². The predicted molar refractivity (Wildman–Crippen MR) is 87.4 cm³/mol. The van der Waals surface area contributed by atoms with Gasteiger partial charge in [-0.05, 0) is 31.0 Å². The Kier molecular flexibility index (Phi) is 5.26. The normalized spacial score (nSPS) is 12.6. The van der Waals surface area contributed by atoms with Gasteiger partial charge in [0.15, 0.2) is 0 Å². The van der Waals surface area contributed by atoms with Crippen LogP contribution >= 0.6 is 11.6 Å². The second-order valence-corrected chi connectivity index (χ2v) is 5.84. The third-order valence-corrected chi connectivity index (χ3v) is 3.82. The third-order valence-electron chi connectivity index (χ3n) is 3.59. The number of nitrogens with one attached hydrogen (secondary N) is 1. The molecule has 1 heterocycles. The lowest BCUT2D eigenvalue weighted by Crippen LogP contribution is -2.34. The molecule has 0 spiro atoms. The molecule has 1 unspecified atom stereocenters. The highest BCUT2D eigenvalue weighted by molar-refractivity contribution is 6.31. The van der Waals surface area contributed by atoms with Crippen molar-refractivity contribution < 1.29 is 4.79 Å². The molecule has 21 heavy (non-hydrogen) atoms. The number of benzene rings is 1. The highest BCUT2D eigenvalue weighted by atomic mass is 35.5. The molecule has 0 aliphatic carbocycles. The molecule has 0 saturated heterocycles. The van der Waals surface area contributed by atoms with Gasteiger partial charge in [0.05, 0.1) is 5.52 Å². The molecule has 0 aliphatic heterocycles. The van der Waals surface area contributed by atoms with Gasteiger partial charge in [0, 0.05) is 29.2 Å². The first-order chi connectivity index (χ1) is 10.0. The second-order valence-electron chi connectivity index (χ2n) is 5.41. The van der Waals surface area contributed by atoms with Crippen LogP contribution in [0.3, 0.4) is 0 Å². The van der Waals surface area contributed by atoms with Gasteiger partial charge in [-0.15, -0.1) is 0 Å². The Morgan fingerprint density at radius 2 is 2.24 bits per heavy atom. The van der Waals surface area contributed by atoms with E-state index in [9.17, 15) is 4.79 Å². The van der Waals surface area contributed by atoms with E-state index in [1.807, 2.05) is 35.9 Å². The Morgan fingerprint density at radius 3 is 2.90 bits per heavy atom. The van der Waals surface area contributed by atoms with Gasteiger partial charge in [-0.1, -0.05) is 31.0 Å². The Labute approximate surface area is 130 Å². The molecule has 0 fully saturated rings. The smallest absolute Gasteiger partial charge is 0.240 e. The molecular formula is C16H22ClN3O. The lowest BCUT2D eigenvalue weighted by molar-refractivity contribution is -0.122. The van der Waals surface area contributed by atoms with Crippen molar-refractivity contribution in [2.24, 2.45) is 5.73 Å². The molecule has 3 N–H and O–H groups in total. The van der Waals surface area contributed by atoms with E-state index < -0.39 is 0 Å². The Bertz CT molecular complexity index is 636. The van der Waals surface area contributed by atoms with Crippen LogP contribution in [0.15, 0.2) is 24.4 Å². The van der Waals surface area contributed by atoms with Gasteiger partial charge in [0.25, 0.3) is 0 Å². The molecule has 0 radical (unpaired) electrons. The van der Waals surface area contributed by atoms with Crippen LogP contribution in [0.4, 0.5) is 0 Å². The van der Waals surface area contributed by atoms with Gasteiger partial charge < -0.3 is 15.6 Å². The summed E-state index contributed by atoms with van der Waals surface area (Å²) >= 11 is 6.06. The van der Waals surface area contributed by atoms with Crippen LogP contribution in [0.2, 0.25) is 5.02 Å². The van der Waals surface area contributed by atoms with Crippen molar-refractivity contribution in [3.63, 3.8) is 0 Å².